The average Bonchev–Trinajstić information content (AvgIpc) is 2.76. The predicted octanol–water partition coefficient (Wildman–Crippen LogP) is 4.74. The highest BCUT2D eigenvalue weighted by atomic mass is 35.5. The lowest BCUT2D eigenvalue weighted by Gasteiger charge is -2.30. The van der Waals surface area contributed by atoms with Crippen molar-refractivity contribution in [3.63, 3.8) is 0 Å². The van der Waals surface area contributed by atoms with Crippen LogP contribution in [0, 0.1) is 5.92 Å². The highest BCUT2D eigenvalue weighted by Crippen LogP contribution is 2.29. The molecule has 2 aromatic rings. The second-order valence-electron chi connectivity index (χ2n) is 7.24. The molecule has 1 saturated heterocycles. The van der Waals surface area contributed by atoms with Crippen molar-refractivity contribution in [3.8, 4) is 5.75 Å². The first-order chi connectivity index (χ1) is 14.8. The van der Waals surface area contributed by atoms with Gasteiger partial charge in [0.15, 0.2) is 0 Å². The molecular formula is C22H24Cl2N2O4S. The highest BCUT2D eigenvalue weighted by molar-refractivity contribution is 7.88. The number of anilines is 1. The number of carbonyl (C=O) groups excluding carboxylic acids is 1. The molecule has 0 unspecified atom stereocenters. The third-order valence-electron chi connectivity index (χ3n) is 5.10. The van der Waals surface area contributed by atoms with Crippen molar-refractivity contribution >= 4 is 44.8 Å². The largest absolute Gasteiger partial charge is 0.490 e. The Kier molecular flexibility index (Phi) is 8.00. The standard InChI is InChI=1S/C22H24Cl2N2O4S/c1-2-14-30-18-8-6-17(7-9-18)25-22(27)16-10-12-26(13-11-16)31(28,29)15-19-20(23)4-3-5-21(19)24/h2-9,16H,1,10-15H2,(H,25,27). The van der Waals surface area contributed by atoms with Crippen molar-refractivity contribution in [1.82, 2.24) is 4.31 Å². The SMILES string of the molecule is C=CCOc1ccc(NC(=O)C2CCN(S(=O)(=O)Cc3c(Cl)cccc3Cl)CC2)cc1. The van der Waals surface area contributed by atoms with Crippen LogP contribution in [0.2, 0.25) is 10.0 Å². The van der Waals surface area contributed by atoms with Gasteiger partial charge in [0.2, 0.25) is 15.9 Å². The topological polar surface area (TPSA) is 75.7 Å². The number of hydrogen-bond acceptors (Lipinski definition) is 4. The molecule has 1 amide bonds. The van der Waals surface area contributed by atoms with Crippen molar-refractivity contribution < 1.29 is 17.9 Å². The van der Waals surface area contributed by atoms with Gasteiger partial charge in [-0.15, -0.1) is 0 Å². The molecule has 9 heteroatoms. The number of hydrogen-bond donors (Lipinski definition) is 1. The summed E-state index contributed by atoms with van der Waals surface area (Å²) in [6.45, 7) is 4.56. The fourth-order valence-electron chi connectivity index (χ4n) is 3.37. The maximum atomic E-state index is 12.8. The first-order valence-corrected chi connectivity index (χ1v) is 12.2. The van der Waals surface area contributed by atoms with Crippen molar-refractivity contribution in [2.24, 2.45) is 5.92 Å². The third-order valence-corrected chi connectivity index (χ3v) is 7.61. The molecule has 0 aliphatic carbocycles. The van der Waals surface area contributed by atoms with E-state index in [-0.39, 0.29) is 30.7 Å². The van der Waals surface area contributed by atoms with Crippen LogP contribution in [0.4, 0.5) is 5.69 Å². The van der Waals surface area contributed by atoms with Gasteiger partial charge in [-0.1, -0.05) is 41.9 Å². The Labute approximate surface area is 192 Å². The Morgan fingerprint density at radius 1 is 1.13 bits per heavy atom. The number of carbonyl (C=O) groups is 1. The fourth-order valence-corrected chi connectivity index (χ4v) is 5.69. The van der Waals surface area contributed by atoms with Crippen LogP contribution in [-0.4, -0.2) is 38.3 Å². The van der Waals surface area contributed by atoms with Crippen molar-refractivity contribution in [2.45, 2.75) is 18.6 Å². The normalized spacial score (nSPS) is 15.4. The summed E-state index contributed by atoms with van der Waals surface area (Å²) in [4.78, 5) is 12.6. The van der Waals surface area contributed by atoms with E-state index in [9.17, 15) is 13.2 Å². The number of sulfonamides is 1. The van der Waals surface area contributed by atoms with E-state index in [0.29, 0.717) is 46.5 Å². The molecule has 1 aliphatic rings. The lowest BCUT2D eigenvalue weighted by Crippen LogP contribution is -2.41. The second kappa shape index (κ2) is 10.5. The Bertz CT molecular complexity index is 1010. The van der Waals surface area contributed by atoms with Gasteiger partial charge in [-0.25, -0.2) is 12.7 Å². The Morgan fingerprint density at radius 3 is 2.32 bits per heavy atom. The van der Waals surface area contributed by atoms with E-state index in [1.165, 1.54) is 4.31 Å². The average molecular weight is 483 g/mol. The van der Waals surface area contributed by atoms with Gasteiger partial charge < -0.3 is 10.1 Å². The Balaban J connectivity index is 1.54. The van der Waals surface area contributed by atoms with E-state index in [0.717, 1.165) is 0 Å². The van der Waals surface area contributed by atoms with Gasteiger partial charge in [0.25, 0.3) is 0 Å². The summed E-state index contributed by atoms with van der Waals surface area (Å²) >= 11 is 12.2. The molecule has 0 saturated carbocycles. The van der Waals surface area contributed by atoms with Gasteiger partial charge in [0, 0.05) is 40.3 Å². The number of ether oxygens (including phenoxy) is 1. The molecule has 0 atom stereocenters. The van der Waals surface area contributed by atoms with Crippen LogP contribution in [0.1, 0.15) is 18.4 Å². The summed E-state index contributed by atoms with van der Waals surface area (Å²) < 4.78 is 32.5. The van der Waals surface area contributed by atoms with Crippen LogP contribution in [0.3, 0.4) is 0 Å². The zero-order valence-corrected chi connectivity index (χ0v) is 19.2. The molecule has 1 fully saturated rings. The second-order valence-corrected chi connectivity index (χ2v) is 10.0. The molecule has 1 N–H and O–H groups in total. The molecule has 1 aliphatic heterocycles. The molecule has 6 nitrogen and oxygen atoms in total. The number of amides is 1. The van der Waals surface area contributed by atoms with Gasteiger partial charge in [0.1, 0.15) is 12.4 Å². The molecule has 0 spiro atoms. The van der Waals surface area contributed by atoms with Crippen LogP contribution >= 0.6 is 23.2 Å². The number of nitrogens with one attached hydrogen (secondary N) is 1. The van der Waals surface area contributed by atoms with Crippen LogP contribution in [0.15, 0.2) is 55.1 Å². The van der Waals surface area contributed by atoms with Gasteiger partial charge in [-0.2, -0.15) is 0 Å². The molecule has 1 heterocycles. The van der Waals surface area contributed by atoms with Crippen LogP contribution in [0.25, 0.3) is 0 Å². The molecule has 3 rings (SSSR count). The van der Waals surface area contributed by atoms with E-state index in [4.69, 9.17) is 27.9 Å². The van der Waals surface area contributed by atoms with Gasteiger partial charge in [0.05, 0.1) is 5.75 Å². The van der Waals surface area contributed by atoms with Gasteiger partial charge in [-0.05, 0) is 49.2 Å². The number of nitrogens with zero attached hydrogens (tertiary/aromatic N) is 1. The molecule has 0 bridgehead atoms. The maximum Gasteiger partial charge on any atom is 0.227 e. The number of piperidine rings is 1. The fraction of sp³-hybridized carbons (Fsp3) is 0.318. The van der Waals surface area contributed by atoms with E-state index >= 15 is 0 Å². The zero-order valence-electron chi connectivity index (χ0n) is 16.9. The smallest absolute Gasteiger partial charge is 0.227 e. The number of benzene rings is 2. The third kappa shape index (κ3) is 6.23. The molecule has 31 heavy (non-hydrogen) atoms. The van der Waals surface area contributed by atoms with Crippen LogP contribution in [0.5, 0.6) is 5.75 Å². The van der Waals surface area contributed by atoms with E-state index in [1.54, 1.807) is 48.5 Å². The summed E-state index contributed by atoms with van der Waals surface area (Å²) in [7, 11) is -3.59. The molecule has 2 aromatic carbocycles. The number of halogens is 2. The van der Waals surface area contributed by atoms with Gasteiger partial charge in [-0.3, -0.25) is 4.79 Å². The minimum absolute atomic E-state index is 0.119. The van der Waals surface area contributed by atoms with Crippen LogP contribution in [-0.2, 0) is 20.6 Å². The minimum atomic E-state index is -3.59. The zero-order chi connectivity index (χ0) is 22.4. The summed E-state index contributed by atoms with van der Waals surface area (Å²) in [5.74, 6) is 0.0517. The lowest BCUT2D eigenvalue weighted by atomic mass is 9.97. The molecular weight excluding hydrogens is 459 g/mol. The van der Waals surface area contributed by atoms with E-state index < -0.39 is 10.0 Å². The van der Waals surface area contributed by atoms with Crippen molar-refractivity contribution in [2.75, 3.05) is 25.0 Å². The Morgan fingerprint density at radius 2 is 1.74 bits per heavy atom. The molecule has 166 valence electrons. The number of rotatable bonds is 8. The van der Waals surface area contributed by atoms with Crippen molar-refractivity contribution in [1.29, 1.82) is 0 Å². The van der Waals surface area contributed by atoms with E-state index in [2.05, 4.69) is 11.9 Å². The monoisotopic (exact) mass is 482 g/mol. The van der Waals surface area contributed by atoms with Crippen molar-refractivity contribution in [3.05, 3.63) is 70.7 Å². The highest BCUT2D eigenvalue weighted by Gasteiger charge is 2.32. The van der Waals surface area contributed by atoms with Crippen LogP contribution < -0.4 is 10.1 Å². The summed E-state index contributed by atoms with van der Waals surface area (Å²) in [5.41, 5.74) is 1.06. The molecule has 0 aromatic heterocycles. The Hall–Kier alpha value is -2.06. The summed E-state index contributed by atoms with van der Waals surface area (Å²) in [5, 5.41) is 3.54. The summed E-state index contributed by atoms with van der Waals surface area (Å²) in [6.07, 6.45) is 2.55. The maximum absolute atomic E-state index is 12.8. The first-order valence-electron chi connectivity index (χ1n) is 9.85. The lowest BCUT2D eigenvalue weighted by molar-refractivity contribution is -0.120. The molecule has 0 radical (unpaired) electrons. The van der Waals surface area contributed by atoms with E-state index in [1.807, 2.05) is 0 Å². The predicted molar refractivity (Wildman–Crippen MR) is 124 cm³/mol. The minimum Gasteiger partial charge on any atom is -0.490 e. The summed E-state index contributed by atoms with van der Waals surface area (Å²) in [6, 6.07) is 12.0. The quantitative estimate of drug-likeness (QED) is 0.551. The van der Waals surface area contributed by atoms with Gasteiger partial charge >= 0.3 is 0 Å². The first kappa shape index (κ1) is 23.6.